The van der Waals surface area contributed by atoms with E-state index in [9.17, 15) is 4.79 Å². The number of rotatable bonds is 6. The van der Waals surface area contributed by atoms with Crippen LogP contribution in [0.2, 0.25) is 0 Å². The quantitative estimate of drug-likeness (QED) is 0.681. The highest BCUT2D eigenvalue weighted by Crippen LogP contribution is 2.26. The highest BCUT2D eigenvalue weighted by Gasteiger charge is 2.19. The number of benzene rings is 1. The van der Waals surface area contributed by atoms with Gasteiger partial charge in [-0.1, -0.05) is 16.9 Å². The number of anilines is 1. The summed E-state index contributed by atoms with van der Waals surface area (Å²) in [5, 5.41) is 6.82. The van der Waals surface area contributed by atoms with Crippen molar-refractivity contribution in [1.29, 1.82) is 0 Å². The average Bonchev–Trinajstić information content (AvgIpc) is 3.24. The first kappa shape index (κ1) is 17.1. The molecule has 1 N–H and O–H groups in total. The molecule has 0 aliphatic carbocycles. The predicted molar refractivity (Wildman–Crippen MR) is 95.3 cm³/mol. The lowest BCUT2D eigenvalue weighted by molar-refractivity contribution is -0.115. The Labute approximate surface area is 149 Å². The number of thioether (sulfide) groups is 1. The minimum Gasteiger partial charge on any atom is -0.497 e. The van der Waals surface area contributed by atoms with Crippen LogP contribution in [0.3, 0.4) is 0 Å². The summed E-state index contributed by atoms with van der Waals surface area (Å²) < 4.78 is 12.1. The molecule has 3 aromatic rings. The van der Waals surface area contributed by atoms with Crippen LogP contribution in [-0.4, -0.2) is 33.0 Å². The van der Waals surface area contributed by atoms with Gasteiger partial charge in [0.25, 0.3) is 0 Å². The van der Waals surface area contributed by atoms with Crippen molar-refractivity contribution in [3.8, 4) is 11.4 Å². The van der Waals surface area contributed by atoms with Crippen molar-refractivity contribution in [3.63, 3.8) is 0 Å². The van der Waals surface area contributed by atoms with Gasteiger partial charge in [0.2, 0.25) is 11.8 Å². The number of ether oxygens (including phenoxy) is 1. The van der Waals surface area contributed by atoms with E-state index in [0.29, 0.717) is 11.6 Å². The molecular weight excluding hydrogens is 340 g/mol. The van der Waals surface area contributed by atoms with Gasteiger partial charge in [-0.2, -0.15) is 0 Å². The molecule has 2 heterocycles. The van der Waals surface area contributed by atoms with E-state index in [-0.39, 0.29) is 11.2 Å². The summed E-state index contributed by atoms with van der Waals surface area (Å²) in [6.07, 6.45) is 3.56. The number of nitrogens with zero attached hydrogens (tertiary/aromatic N) is 3. The average molecular weight is 358 g/mol. The van der Waals surface area contributed by atoms with E-state index in [2.05, 4.69) is 15.5 Å². The number of aromatic nitrogens is 3. The molecule has 0 saturated carbocycles. The number of imidazole rings is 1. The van der Waals surface area contributed by atoms with Gasteiger partial charge >= 0.3 is 0 Å². The molecule has 130 valence electrons. The summed E-state index contributed by atoms with van der Waals surface area (Å²) in [7, 11) is 1.63. The second-order valence-electron chi connectivity index (χ2n) is 5.36. The summed E-state index contributed by atoms with van der Waals surface area (Å²) >= 11 is 1.36. The standard InChI is InChI=1S/C17H18N4O3S/c1-11-10-15(24-20-11)19-16(22)12(2)25-17-18-8-9-21(17)13-4-6-14(23-3)7-5-13/h4-10,12H,1-3H3,(H,19,22). The van der Waals surface area contributed by atoms with Crippen LogP contribution in [0.4, 0.5) is 5.88 Å². The van der Waals surface area contributed by atoms with Crippen molar-refractivity contribution in [3.05, 3.63) is 48.4 Å². The summed E-state index contributed by atoms with van der Waals surface area (Å²) in [6, 6.07) is 9.31. The van der Waals surface area contributed by atoms with Gasteiger partial charge < -0.3 is 9.26 Å². The number of methoxy groups -OCH3 is 1. The smallest absolute Gasteiger partial charge is 0.240 e. The highest BCUT2D eigenvalue weighted by molar-refractivity contribution is 8.00. The molecule has 1 amide bonds. The SMILES string of the molecule is COc1ccc(-n2ccnc2SC(C)C(=O)Nc2cc(C)no2)cc1. The zero-order valence-electron chi connectivity index (χ0n) is 14.1. The van der Waals surface area contributed by atoms with Crippen LogP contribution in [0.5, 0.6) is 5.75 Å². The van der Waals surface area contributed by atoms with Gasteiger partial charge in [0.05, 0.1) is 18.1 Å². The Kier molecular flexibility index (Phi) is 5.08. The minimum absolute atomic E-state index is 0.176. The molecule has 0 aliphatic rings. The van der Waals surface area contributed by atoms with Gasteiger partial charge in [-0.25, -0.2) is 4.98 Å². The summed E-state index contributed by atoms with van der Waals surface area (Å²) in [5.74, 6) is 0.951. The van der Waals surface area contributed by atoms with Gasteiger partial charge in [0.1, 0.15) is 5.75 Å². The first-order valence-electron chi connectivity index (χ1n) is 7.65. The molecule has 2 aromatic heterocycles. The molecule has 0 spiro atoms. The van der Waals surface area contributed by atoms with E-state index >= 15 is 0 Å². The third-order valence-electron chi connectivity index (χ3n) is 3.48. The number of hydrogen-bond acceptors (Lipinski definition) is 6. The normalized spacial score (nSPS) is 12.0. The minimum atomic E-state index is -0.357. The predicted octanol–water partition coefficient (Wildman–Crippen LogP) is 3.30. The number of amides is 1. The maximum Gasteiger partial charge on any atom is 0.240 e. The molecule has 1 aromatic carbocycles. The fraction of sp³-hybridized carbons (Fsp3) is 0.235. The Morgan fingerprint density at radius 2 is 2.12 bits per heavy atom. The van der Waals surface area contributed by atoms with Crippen LogP contribution in [0.25, 0.3) is 5.69 Å². The number of carbonyl (C=O) groups is 1. The zero-order valence-corrected chi connectivity index (χ0v) is 14.9. The zero-order chi connectivity index (χ0) is 17.8. The van der Waals surface area contributed by atoms with Crippen molar-refractivity contribution >= 4 is 23.6 Å². The van der Waals surface area contributed by atoms with Crippen LogP contribution in [0.1, 0.15) is 12.6 Å². The molecule has 0 fully saturated rings. The lowest BCUT2D eigenvalue weighted by atomic mass is 10.3. The topological polar surface area (TPSA) is 82.2 Å². The third kappa shape index (κ3) is 4.03. The van der Waals surface area contributed by atoms with Crippen molar-refractivity contribution in [2.24, 2.45) is 0 Å². The lowest BCUT2D eigenvalue weighted by Gasteiger charge is -2.12. The molecule has 8 heteroatoms. The van der Waals surface area contributed by atoms with Crippen LogP contribution in [0.15, 0.2) is 52.4 Å². The first-order valence-corrected chi connectivity index (χ1v) is 8.53. The van der Waals surface area contributed by atoms with E-state index in [4.69, 9.17) is 9.26 Å². The Bertz CT molecular complexity index is 857. The molecule has 7 nitrogen and oxygen atoms in total. The van der Waals surface area contributed by atoms with Gasteiger partial charge in [0, 0.05) is 24.1 Å². The second kappa shape index (κ2) is 7.43. The molecule has 0 radical (unpaired) electrons. The van der Waals surface area contributed by atoms with Gasteiger partial charge in [-0.15, -0.1) is 0 Å². The van der Waals surface area contributed by atoms with Crippen LogP contribution < -0.4 is 10.1 Å². The van der Waals surface area contributed by atoms with Gasteiger partial charge in [-0.05, 0) is 38.1 Å². The molecule has 3 rings (SSSR count). The largest absolute Gasteiger partial charge is 0.497 e. The van der Waals surface area contributed by atoms with E-state index in [1.54, 1.807) is 26.3 Å². The van der Waals surface area contributed by atoms with Gasteiger partial charge in [0.15, 0.2) is 5.16 Å². The van der Waals surface area contributed by atoms with Crippen molar-refractivity contribution in [2.45, 2.75) is 24.3 Å². The van der Waals surface area contributed by atoms with E-state index in [1.165, 1.54) is 11.8 Å². The van der Waals surface area contributed by atoms with Crippen molar-refractivity contribution < 1.29 is 14.1 Å². The summed E-state index contributed by atoms with van der Waals surface area (Å²) in [5.41, 5.74) is 1.66. The number of nitrogens with one attached hydrogen (secondary N) is 1. The lowest BCUT2D eigenvalue weighted by Crippen LogP contribution is -2.22. The number of aryl methyl sites for hydroxylation is 1. The summed E-state index contributed by atoms with van der Waals surface area (Å²) in [6.45, 7) is 3.61. The molecule has 1 unspecified atom stereocenters. The molecule has 25 heavy (non-hydrogen) atoms. The molecule has 0 bridgehead atoms. The molecule has 1 atom stereocenters. The molecule has 0 saturated heterocycles. The van der Waals surface area contributed by atoms with Crippen LogP contribution in [-0.2, 0) is 4.79 Å². The summed E-state index contributed by atoms with van der Waals surface area (Å²) in [4.78, 5) is 16.7. The molecule has 0 aliphatic heterocycles. The van der Waals surface area contributed by atoms with Crippen molar-refractivity contribution in [2.75, 3.05) is 12.4 Å². The Morgan fingerprint density at radius 3 is 2.76 bits per heavy atom. The van der Waals surface area contributed by atoms with Crippen molar-refractivity contribution in [1.82, 2.24) is 14.7 Å². The van der Waals surface area contributed by atoms with Crippen LogP contribution >= 0.6 is 11.8 Å². The fourth-order valence-electron chi connectivity index (χ4n) is 2.17. The highest BCUT2D eigenvalue weighted by atomic mass is 32.2. The molecular formula is C17H18N4O3S. The van der Waals surface area contributed by atoms with Gasteiger partial charge in [-0.3, -0.25) is 14.7 Å². The van der Waals surface area contributed by atoms with Crippen LogP contribution in [0, 0.1) is 6.92 Å². The second-order valence-corrected chi connectivity index (χ2v) is 6.67. The Hall–Kier alpha value is -2.74. The maximum atomic E-state index is 12.3. The Morgan fingerprint density at radius 1 is 1.36 bits per heavy atom. The monoisotopic (exact) mass is 358 g/mol. The number of carbonyl (C=O) groups excluding carboxylic acids is 1. The fourth-order valence-corrected chi connectivity index (χ4v) is 3.06. The van der Waals surface area contributed by atoms with E-state index in [0.717, 1.165) is 16.6 Å². The van der Waals surface area contributed by atoms with E-state index < -0.39 is 0 Å². The Balaban J connectivity index is 1.70. The maximum absolute atomic E-state index is 12.3. The first-order chi connectivity index (χ1) is 12.1. The van der Waals surface area contributed by atoms with E-state index in [1.807, 2.05) is 42.0 Å². The third-order valence-corrected chi connectivity index (χ3v) is 4.56. The number of hydrogen-bond donors (Lipinski definition) is 1.